The maximum atomic E-state index is 12.6. The van der Waals surface area contributed by atoms with Crippen LogP contribution in [0.15, 0.2) is 84.9 Å². The van der Waals surface area contributed by atoms with Crippen molar-refractivity contribution in [1.82, 2.24) is 10.2 Å². The molecular weight excluding hydrogens is 360 g/mol. The van der Waals surface area contributed by atoms with Gasteiger partial charge in [-0.25, -0.2) is 0 Å². The van der Waals surface area contributed by atoms with Gasteiger partial charge >= 0.3 is 0 Å². The third-order valence-corrected chi connectivity index (χ3v) is 4.91. The van der Waals surface area contributed by atoms with Gasteiger partial charge in [-0.1, -0.05) is 60.7 Å². The van der Waals surface area contributed by atoms with E-state index < -0.39 is 0 Å². The number of nitrogens with zero attached hydrogens (tertiary/aromatic N) is 1. The van der Waals surface area contributed by atoms with Crippen molar-refractivity contribution in [2.75, 3.05) is 20.6 Å². The lowest BCUT2D eigenvalue weighted by Gasteiger charge is -2.24. The molecule has 0 saturated heterocycles. The molecule has 0 saturated carbocycles. The molecule has 29 heavy (non-hydrogen) atoms. The van der Waals surface area contributed by atoms with Crippen molar-refractivity contribution in [3.8, 4) is 5.75 Å². The van der Waals surface area contributed by atoms with Gasteiger partial charge in [0.15, 0.2) is 0 Å². The van der Waals surface area contributed by atoms with Gasteiger partial charge in [0.2, 0.25) is 0 Å². The van der Waals surface area contributed by atoms with Crippen LogP contribution in [0.5, 0.6) is 5.75 Å². The SMILES string of the molecule is CN(C)C(CNC(=O)c1ccc(COc2ccccc2)cc1)Cc1ccccc1. The number of amides is 1. The first-order chi connectivity index (χ1) is 14.1. The molecule has 1 unspecified atom stereocenters. The predicted molar refractivity (Wildman–Crippen MR) is 117 cm³/mol. The van der Waals surface area contributed by atoms with Crippen LogP contribution in [0.2, 0.25) is 0 Å². The maximum Gasteiger partial charge on any atom is 0.251 e. The van der Waals surface area contributed by atoms with Crippen LogP contribution in [0.1, 0.15) is 21.5 Å². The highest BCUT2D eigenvalue weighted by atomic mass is 16.5. The van der Waals surface area contributed by atoms with Crippen molar-refractivity contribution in [2.45, 2.75) is 19.1 Å². The summed E-state index contributed by atoms with van der Waals surface area (Å²) < 4.78 is 5.75. The summed E-state index contributed by atoms with van der Waals surface area (Å²) in [5.74, 6) is 0.780. The minimum Gasteiger partial charge on any atom is -0.489 e. The molecule has 150 valence electrons. The third kappa shape index (κ3) is 6.47. The van der Waals surface area contributed by atoms with Gasteiger partial charge in [0, 0.05) is 18.2 Å². The molecule has 4 heteroatoms. The van der Waals surface area contributed by atoms with E-state index in [1.807, 2.05) is 86.9 Å². The molecule has 0 aromatic heterocycles. The molecule has 3 aromatic carbocycles. The minimum absolute atomic E-state index is 0.0551. The van der Waals surface area contributed by atoms with Crippen molar-refractivity contribution in [1.29, 1.82) is 0 Å². The monoisotopic (exact) mass is 388 g/mol. The number of ether oxygens (including phenoxy) is 1. The molecule has 4 nitrogen and oxygen atoms in total. The number of carbonyl (C=O) groups excluding carboxylic acids is 1. The molecule has 0 aliphatic heterocycles. The molecule has 0 aliphatic rings. The number of benzene rings is 3. The molecule has 1 atom stereocenters. The maximum absolute atomic E-state index is 12.6. The van der Waals surface area contributed by atoms with Crippen LogP contribution < -0.4 is 10.1 Å². The van der Waals surface area contributed by atoms with Gasteiger partial charge in [-0.2, -0.15) is 0 Å². The van der Waals surface area contributed by atoms with E-state index in [0.29, 0.717) is 18.7 Å². The molecule has 3 rings (SSSR count). The zero-order valence-electron chi connectivity index (χ0n) is 17.0. The quantitative estimate of drug-likeness (QED) is 0.598. The Balaban J connectivity index is 1.51. The fraction of sp³-hybridized carbons (Fsp3) is 0.240. The fourth-order valence-electron chi connectivity index (χ4n) is 3.07. The highest BCUT2D eigenvalue weighted by molar-refractivity contribution is 5.94. The summed E-state index contributed by atoms with van der Waals surface area (Å²) in [6.07, 6.45) is 0.893. The standard InChI is InChI=1S/C25H28N2O2/c1-27(2)23(17-20-9-5-3-6-10-20)18-26-25(28)22-15-13-21(14-16-22)19-29-24-11-7-4-8-12-24/h3-16,23H,17-19H2,1-2H3,(H,26,28). The number of carbonyl (C=O) groups is 1. The number of rotatable bonds is 9. The van der Waals surface area contributed by atoms with E-state index in [-0.39, 0.29) is 11.9 Å². The smallest absolute Gasteiger partial charge is 0.251 e. The second kappa shape index (κ2) is 10.4. The second-order valence-corrected chi connectivity index (χ2v) is 7.32. The largest absolute Gasteiger partial charge is 0.489 e. The molecule has 1 amide bonds. The van der Waals surface area contributed by atoms with E-state index in [0.717, 1.165) is 17.7 Å². The Kier molecular flexibility index (Phi) is 7.42. The fourth-order valence-corrected chi connectivity index (χ4v) is 3.07. The molecule has 0 fully saturated rings. The van der Waals surface area contributed by atoms with E-state index in [9.17, 15) is 4.79 Å². The number of likely N-dealkylation sites (N-methyl/N-ethyl adjacent to an activating group) is 1. The van der Waals surface area contributed by atoms with Gasteiger partial charge in [0.25, 0.3) is 5.91 Å². The van der Waals surface area contributed by atoms with Crippen LogP contribution in [-0.4, -0.2) is 37.5 Å². The molecule has 0 radical (unpaired) electrons. The normalized spacial score (nSPS) is 11.8. The molecule has 3 aromatic rings. The number of nitrogens with one attached hydrogen (secondary N) is 1. The van der Waals surface area contributed by atoms with Crippen LogP contribution in [0.25, 0.3) is 0 Å². The topological polar surface area (TPSA) is 41.6 Å². The zero-order valence-corrected chi connectivity index (χ0v) is 17.0. The van der Waals surface area contributed by atoms with Crippen molar-refractivity contribution >= 4 is 5.91 Å². The Morgan fingerprint density at radius 3 is 2.10 bits per heavy atom. The van der Waals surface area contributed by atoms with Gasteiger partial charge in [-0.15, -0.1) is 0 Å². The average Bonchev–Trinajstić information content (AvgIpc) is 2.76. The highest BCUT2D eigenvalue weighted by Crippen LogP contribution is 2.12. The summed E-state index contributed by atoms with van der Waals surface area (Å²) in [7, 11) is 4.09. The Morgan fingerprint density at radius 2 is 1.48 bits per heavy atom. The van der Waals surface area contributed by atoms with Crippen LogP contribution in [0.4, 0.5) is 0 Å². The van der Waals surface area contributed by atoms with Crippen molar-refractivity contribution in [3.05, 3.63) is 102 Å². The molecule has 0 spiro atoms. The summed E-state index contributed by atoms with van der Waals surface area (Å²) in [5.41, 5.74) is 2.95. The molecule has 0 aliphatic carbocycles. The first-order valence-corrected chi connectivity index (χ1v) is 9.87. The van der Waals surface area contributed by atoms with Gasteiger partial charge in [-0.05, 0) is 55.9 Å². The number of hydrogen-bond donors (Lipinski definition) is 1. The summed E-state index contributed by atoms with van der Waals surface area (Å²) in [5, 5.41) is 3.07. The lowest BCUT2D eigenvalue weighted by Crippen LogP contribution is -2.41. The molecule has 1 N–H and O–H groups in total. The van der Waals surface area contributed by atoms with Crippen molar-refractivity contribution < 1.29 is 9.53 Å². The summed E-state index contributed by atoms with van der Waals surface area (Å²) in [6, 6.07) is 27.9. The lowest BCUT2D eigenvalue weighted by atomic mass is 10.0. The van der Waals surface area contributed by atoms with E-state index in [4.69, 9.17) is 4.74 Å². The average molecular weight is 389 g/mol. The predicted octanol–water partition coefficient (Wildman–Crippen LogP) is 4.17. The minimum atomic E-state index is -0.0551. The van der Waals surface area contributed by atoms with Crippen LogP contribution in [0.3, 0.4) is 0 Å². The summed E-state index contributed by atoms with van der Waals surface area (Å²) >= 11 is 0. The van der Waals surface area contributed by atoms with Crippen molar-refractivity contribution in [3.63, 3.8) is 0 Å². The molecule has 0 heterocycles. The van der Waals surface area contributed by atoms with E-state index >= 15 is 0 Å². The summed E-state index contributed by atoms with van der Waals surface area (Å²) in [6.45, 7) is 1.07. The van der Waals surface area contributed by atoms with Crippen LogP contribution in [0, 0.1) is 0 Å². The highest BCUT2D eigenvalue weighted by Gasteiger charge is 2.14. The van der Waals surface area contributed by atoms with Crippen LogP contribution in [-0.2, 0) is 13.0 Å². The first-order valence-electron chi connectivity index (χ1n) is 9.87. The Bertz CT molecular complexity index is 878. The number of hydrogen-bond acceptors (Lipinski definition) is 3. The summed E-state index contributed by atoms with van der Waals surface area (Å²) in [4.78, 5) is 14.7. The Hall–Kier alpha value is -3.11. The second-order valence-electron chi connectivity index (χ2n) is 7.32. The Morgan fingerprint density at radius 1 is 0.862 bits per heavy atom. The van der Waals surface area contributed by atoms with Crippen molar-refractivity contribution in [2.24, 2.45) is 0 Å². The van der Waals surface area contributed by atoms with Gasteiger partial charge < -0.3 is 15.0 Å². The van der Waals surface area contributed by atoms with E-state index in [2.05, 4.69) is 22.3 Å². The Labute approximate surface area is 173 Å². The third-order valence-electron chi connectivity index (χ3n) is 4.91. The van der Waals surface area contributed by atoms with E-state index in [1.54, 1.807) is 0 Å². The molecular formula is C25H28N2O2. The zero-order chi connectivity index (χ0) is 20.5. The van der Waals surface area contributed by atoms with Gasteiger partial charge in [-0.3, -0.25) is 4.79 Å². The van der Waals surface area contributed by atoms with E-state index in [1.165, 1.54) is 5.56 Å². The molecule has 0 bridgehead atoms. The lowest BCUT2D eigenvalue weighted by molar-refractivity contribution is 0.0941. The van der Waals surface area contributed by atoms with Gasteiger partial charge in [0.05, 0.1) is 0 Å². The van der Waals surface area contributed by atoms with Gasteiger partial charge in [0.1, 0.15) is 12.4 Å². The van der Waals surface area contributed by atoms with Crippen LogP contribution >= 0.6 is 0 Å². The number of para-hydroxylation sites is 1. The first kappa shape index (κ1) is 20.6.